The van der Waals surface area contributed by atoms with Crippen molar-refractivity contribution < 1.29 is 9.84 Å². The molecule has 1 aromatic heterocycles. The maximum atomic E-state index is 9.50. The molecule has 1 atom stereocenters. The first kappa shape index (κ1) is 15.7. The van der Waals surface area contributed by atoms with E-state index in [1.165, 1.54) is 0 Å². The largest absolute Gasteiger partial charge is 0.508 e. The third-order valence-electron chi connectivity index (χ3n) is 4.00. The highest BCUT2D eigenvalue weighted by molar-refractivity contribution is 8.00. The third-order valence-corrected chi connectivity index (χ3v) is 5.04. The molecule has 0 radical (unpaired) electrons. The number of phenolic OH excluding ortho intramolecular Hbond substituents is 1. The molecule has 4 rings (SSSR count). The molecule has 0 fully saturated rings. The van der Waals surface area contributed by atoms with E-state index in [-0.39, 0.29) is 11.0 Å². The van der Waals surface area contributed by atoms with Crippen LogP contribution in [-0.2, 0) is 0 Å². The molecule has 7 heteroatoms. The Morgan fingerprint density at radius 2 is 1.68 bits per heavy atom. The molecular weight excluding hydrogens is 336 g/mol. The smallest absolute Gasteiger partial charge is 0.213 e. The number of phenols is 1. The zero-order valence-corrected chi connectivity index (χ0v) is 14.6. The number of benzene rings is 2. The monoisotopic (exact) mass is 352 g/mol. The standard InChI is InChI=1S/C18H16N4O2S/c1-11-16(12-3-7-14(23)8-4-12)21-22-17(19-20-18(22)25-11)13-5-9-15(24-2)10-6-13/h3-11,23H,1-2H3/t11-/m1/s1. The zero-order valence-electron chi connectivity index (χ0n) is 13.7. The predicted molar refractivity (Wildman–Crippen MR) is 97.4 cm³/mol. The zero-order chi connectivity index (χ0) is 17.4. The van der Waals surface area contributed by atoms with E-state index in [0.717, 1.165) is 27.7 Å². The van der Waals surface area contributed by atoms with E-state index in [0.29, 0.717) is 5.82 Å². The Balaban J connectivity index is 1.78. The summed E-state index contributed by atoms with van der Waals surface area (Å²) < 4.78 is 6.98. The summed E-state index contributed by atoms with van der Waals surface area (Å²) in [6, 6.07) is 14.7. The lowest BCUT2D eigenvalue weighted by atomic mass is 10.1. The lowest BCUT2D eigenvalue weighted by Gasteiger charge is -2.20. The number of rotatable bonds is 3. The minimum Gasteiger partial charge on any atom is -0.508 e. The van der Waals surface area contributed by atoms with Crippen LogP contribution < -0.4 is 4.74 Å². The van der Waals surface area contributed by atoms with Crippen molar-refractivity contribution in [1.29, 1.82) is 0 Å². The van der Waals surface area contributed by atoms with Crippen LogP contribution in [0.25, 0.3) is 11.4 Å². The summed E-state index contributed by atoms with van der Waals surface area (Å²) in [4.78, 5) is 0. The van der Waals surface area contributed by atoms with E-state index >= 15 is 0 Å². The SMILES string of the molecule is COc1ccc(-c2nnc3n2N=C(c2ccc(O)cc2)[C@@H](C)S3)cc1. The van der Waals surface area contributed by atoms with Gasteiger partial charge in [-0.05, 0) is 61.0 Å². The quantitative estimate of drug-likeness (QED) is 0.782. The van der Waals surface area contributed by atoms with Gasteiger partial charge < -0.3 is 9.84 Å². The van der Waals surface area contributed by atoms with Crippen molar-refractivity contribution in [1.82, 2.24) is 14.9 Å². The van der Waals surface area contributed by atoms with Crippen molar-refractivity contribution in [3.05, 3.63) is 54.1 Å². The highest BCUT2D eigenvalue weighted by atomic mass is 32.2. The van der Waals surface area contributed by atoms with Crippen molar-refractivity contribution in [2.45, 2.75) is 17.3 Å². The molecule has 2 aromatic carbocycles. The van der Waals surface area contributed by atoms with Gasteiger partial charge in [0, 0.05) is 5.56 Å². The molecule has 1 N–H and O–H groups in total. The molecule has 0 spiro atoms. The van der Waals surface area contributed by atoms with E-state index in [4.69, 9.17) is 9.84 Å². The molecule has 6 nitrogen and oxygen atoms in total. The number of nitrogens with zero attached hydrogens (tertiary/aromatic N) is 4. The lowest BCUT2D eigenvalue weighted by Crippen LogP contribution is -2.21. The number of thioether (sulfide) groups is 1. The van der Waals surface area contributed by atoms with Gasteiger partial charge >= 0.3 is 0 Å². The van der Waals surface area contributed by atoms with Gasteiger partial charge in [0.2, 0.25) is 5.16 Å². The molecule has 0 amide bonds. The van der Waals surface area contributed by atoms with Gasteiger partial charge in [0.05, 0.1) is 18.1 Å². The van der Waals surface area contributed by atoms with Crippen molar-refractivity contribution in [2.75, 3.05) is 7.11 Å². The van der Waals surface area contributed by atoms with Crippen molar-refractivity contribution in [3.63, 3.8) is 0 Å². The third kappa shape index (κ3) is 2.87. The second kappa shape index (κ2) is 6.25. The second-order valence-electron chi connectivity index (χ2n) is 5.64. The first-order valence-electron chi connectivity index (χ1n) is 7.80. The van der Waals surface area contributed by atoms with Gasteiger partial charge in [-0.15, -0.1) is 10.2 Å². The normalized spacial score (nSPS) is 16.2. The van der Waals surface area contributed by atoms with Crippen LogP contribution >= 0.6 is 11.8 Å². The fourth-order valence-corrected chi connectivity index (χ4v) is 3.60. The second-order valence-corrected chi connectivity index (χ2v) is 6.95. The summed E-state index contributed by atoms with van der Waals surface area (Å²) in [5.74, 6) is 1.72. The summed E-state index contributed by atoms with van der Waals surface area (Å²) in [5.41, 5.74) is 2.81. The highest BCUT2D eigenvalue weighted by Crippen LogP contribution is 2.33. The van der Waals surface area contributed by atoms with E-state index in [1.54, 1.807) is 35.7 Å². The van der Waals surface area contributed by atoms with Crippen LogP contribution in [0.3, 0.4) is 0 Å². The number of fused-ring (bicyclic) bond motifs is 1. The van der Waals surface area contributed by atoms with Crippen molar-refractivity contribution >= 4 is 17.5 Å². The fourth-order valence-electron chi connectivity index (χ4n) is 2.68. The Bertz CT molecular complexity index is 933. The molecule has 0 saturated carbocycles. The summed E-state index contributed by atoms with van der Waals surface area (Å²) in [5, 5.41) is 23.8. The highest BCUT2D eigenvalue weighted by Gasteiger charge is 2.26. The Labute approximate surface area is 149 Å². The molecule has 25 heavy (non-hydrogen) atoms. The molecule has 1 aliphatic heterocycles. The molecule has 0 aliphatic carbocycles. The first-order chi connectivity index (χ1) is 12.2. The van der Waals surface area contributed by atoms with Crippen LogP contribution in [0.4, 0.5) is 0 Å². The van der Waals surface area contributed by atoms with E-state index < -0.39 is 0 Å². The van der Waals surface area contributed by atoms with Gasteiger partial charge in [-0.25, -0.2) is 0 Å². The van der Waals surface area contributed by atoms with Gasteiger partial charge in [0.15, 0.2) is 5.82 Å². The first-order valence-corrected chi connectivity index (χ1v) is 8.68. The summed E-state index contributed by atoms with van der Waals surface area (Å²) in [6.45, 7) is 2.08. The average Bonchev–Trinajstić information content (AvgIpc) is 3.04. The Morgan fingerprint density at radius 1 is 1.00 bits per heavy atom. The fraction of sp³-hybridized carbons (Fsp3) is 0.167. The van der Waals surface area contributed by atoms with E-state index in [9.17, 15) is 5.11 Å². The Morgan fingerprint density at radius 3 is 2.36 bits per heavy atom. The van der Waals surface area contributed by atoms with Gasteiger partial charge in [-0.3, -0.25) is 0 Å². The summed E-state index contributed by atoms with van der Waals surface area (Å²) >= 11 is 1.61. The van der Waals surface area contributed by atoms with Crippen LogP contribution in [0.2, 0.25) is 0 Å². The molecular formula is C18H16N4O2S. The van der Waals surface area contributed by atoms with Gasteiger partial charge in [-0.1, -0.05) is 11.8 Å². The lowest BCUT2D eigenvalue weighted by molar-refractivity contribution is 0.415. The number of aromatic hydroxyl groups is 1. The molecule has 0 unspecified atom stereocenters. The topological polar surface area (TPSA) is 72.5 Å². The van der Waals surface area contributed by atoms with E-state index in [2.05, 4.69) is 17.1 Å². The van der Waals surface area contributed by atoms with Crippen LogP contribution in [0.15, 0.2) is 58.8 Å². The number of hydrogen-bond donors (Lipinski definition) is 1. The molecule has 0 saturated heterocycles. The van der Waals surface area contributed by atoms with Gasteiger partial charge in [0.25, 0.3) is 0 Å². The summed E-state index contributed by atoms with van der Waals surface area (Å²) in [7, 11) is 1.64. The Kier molecular flexibility index (Phi) is 3.93. The number of hydrogen-bond acceptors (Lipinski definition) is 6. The summed E-state index contributed by atoms with van der Waals surface area (Å²) in [6.07, 6.45) is 0. The minimum atomic E-state index is 0.143. The molecule has 0 bridgehead atoms. The van der Waals surface area contributed by atoms with Crippen LogP contribution in [0.5, 0.6) is 11.5 Å². The molecule has 126 valence electrons. The number of methoxy groups -OCH3 is 1. The number of aromatic nitrogens is 3. The molecule has 2 heterocycles. The molecule has 3 aromatic rings. The minimum absolute atomic E-state index is 0.143. The van der Waals surface area contributed by atoms with Crippen LogP contribution in [0.1, 0.15) is 12.5 Å². The van der Waals surface area contributed by atoms with Crippen LogP contribution in [0, 0.1) is 0 Å². The van der Waals surface area contributed by atoms with Crippen molar-refractivity contribution in [3.8, 4) is 22.9 Å². The van der Waals surface area contributed by atoms with Gasteiger partial charge in [-0.2, -0.15) is 9.78 Å². The van der Waals surface area contributed by atoms with Crippen LogP contribution in [-0.4, -0.2) is 38.1 Å². The van der Waals surface area contributed by atoms with E-state index in [1.807, 2.05) is 36.4 Å². The maximum absolute atomic E-state index is 9.50. The maximum Gasteiger partial charge on any atom is 0.213 e. The predicted octanol–water partition coefficient (Wildman–Crippen LogP) is 3.41. The van der Waals surface area contributed by atoms with Gasteiger partial charge in [0.1, 0.15) is 11.5 Å². The Hall–Kier alpha value is -2.80. The van der Waals surface area contributed by atoms with Crippen molar-refractivity contribution in [2.24, 2.45) is 5.10 Å². The molecule has 1 aliphatic rings. The average molecular weight is 352 g/mol. The number of ether oxygens (including phenoxy) is 1.